The maximum atomic E-state index is 12.3. The summed E-state index contributed by atoms with van der Waals surface area (Å²) in [5.74, 6) is -1.55. The van der Waals surface area contributed by atoms with Crippen LogP contribution < -0.4 is 5.32 Å². The number of carbonyl (C=O) groups is 3. The Morgan fingerprint density at radius 2 is 2.14 bits per heavy atom. The first-order chi connectivity index (χ1) is 9.97. The van der Waals surface area contributed by atoms with Gasteiger partial charge in [-0.1, -0.05) is 17.7 Å². The van der Waals surface area contributed by atoms with E-state index in [1.807, 2.05) is 0 Å². The van der Waals surface area contributed by atoms with Gasteiger partial charge in [0.25, 0.3) is 5.91 Å². The van der Waals surface area contributed by atoms with E-state index in [1.54, 1.807) is 12.1 Å². The van der Waals surface area contributed by atoms with E-state index < -0.39 is 5.97 Å². The van der Waals surface area contributed by atoms with Gasteiger partial charge in [0.1, 0.15) is 0 Å². The predicted molar refractivity (Wildman–Crippen MR) is 77.0 cm³/mol. The lowest BCUT2D eigenvalue weighted by molar-refractivity contribution is -0.131. The number of carboxylic acid groups (broad SMARTS) is 1. The maximum Gasteiger partial charge on any atom is 0.328 e. The topological polar surface area (TPSA) is 86.7 Å². The van der Waals surface area contributed by atoms with Crippen LogP contribution in [0.25, 0.3) is 6.08 Å². The molecule has 0 saturated carbocycles. The van der Waals surface area contributed by atoms with Crippen LogP contribution in [-0.4, -0.2) is 47.4 Å². The van der Waals surface area contributed by atoms with Gasteiger partial charge in [0.05, 0.1) is 6.54 Å². The molecule has 21 heavy (non-hydrogen) atoms. The normalized spacial score (nSPS) is 15.1. The average Bonchev–Trinajstić information content (AvgIpc) is 2.45. The van der Waals surface area contributed by atoms with Gasteiger partial charge in [-0.05, 0) is 23.8 Å². The second-order valence-corrected chi connectivity index (χ2v) is 4.89. The Hall–Kier alpha value is -2.34. The van der Waals surface area contributed by atoms with E-state index in [0.29, 0.717) is 24.2 Å². The SMILES string of the molecule is O=C(O)/C=C/c1ccc(C(=O)N2CCNC(=O)C2)cc1Cl. The number of aliphatic carboxylic acids is 1. The highest BCUT2D eigenvalue weighted by atomic mass is 35.5. The van der Waals surface area contributed by atoms with E-state index in [2.05, 4.69) is 5.32 Å². The fourth-order valence-electron chi connectivity index (χ4n) is 1.95. The summed E-state index contributed by atoms with van der Waals surface area (Å²) in [4.78, 5) is 35.4. The maximum absolute atomic E-state index is 12.3. The number of amides is 2. The third kappa shape index (κ3) is 3.82. The summed E-state index contributed by atoms with van der Waals surface area (Å²) < 4.78 is 0. The number of nitrogens with zero attached hydrogens (tertiary/aromatic N) is 1. The summed E-state index contributed by atoms with van der Waals surface area (Å²) in [6.45, 7) is 0.901. The van der Waals surface area contributed by atoms with Crippen LogP contribution in [-0.2, 0) is 9.59 Å². The van der Waals surface area contributed by atoms with Crippen molar-refractivity contribution in [2.75, 3.05) is 19.6 Å². The van der Waals surface area contributed by atoms with Gasteiger partial charge in [0, 0.05) is 29.8 Å². The molecule has 0 aromatic heterocycles. The van der Waals surface area contributed by atoms with Gasteiger partial charge in [-0.3, -0.25) is 9.59 Å². The Morgan fingerprint density at radius 3 is 2.76 bits per heavy atom. The zero-order valence-electron chi connectivity index (χ0n) is 11.0. The van der Waals surface area contributed by atoms with Crippen LogP contribution >= 0.6 is 11.6 Å². The van der Waals surface area contributed by atoms with Gasteiger partial charge in [-0.25, -0.2) is 4.79 Å². The second kappa shape index (κ2) is 6.41. The minimum absolute atomic E-state index is 0.0249. The van der Waals surface area contributed by atoms with E-state index in [9.17, 15) is 14.4 Å². The van der Waals surface area contributed by atoms with E-state index in [1.165, 1.54) is 17.0 Å². The van der Waals surface area contributed by atoms with Crippen molar-refractivity contribution in [3.05, 3.63) is 40.4 Å². The molecule has 7 heteroatoms. The Kier molecular flexibility index (Phi) is 4.59. The van der Waals surface area contributed by atoms with Crippen LogP contribution in [0.5, 0.6) is 0 Å². The molecule has 6 nitrogen and oxygen atoms in total. The molecule has 2 N–H and O–H groups in total. The first-order valence-electron chi connectivity index (χ1n) is 6.24. The predicted octanol–water partition coefficient (Wildman–Crippen LogP) is 1.01. The Labute approximate surface area is 126 Å². The first kappa shape index (κ1) is 15.1. The Morgan fingerprint density at radius 1 is 1.38 bits per heavy atom. The number of nitrogens with one attached hydrogen (secondary N) is 1. The van der Waals surface area contributed by atoms with E-state index in [4.69, 9.17) is 16.7 Å². The van der Waals surface area contributed by atoms with Crippen molar-refractivity contribution >= 4 is 35.5 Å². The molecule has 1 saturated heterocycles. The average molecular weight is 309 g/mol. The zero-order valence-corrected chi connectivity index (χ0v) is 11.8. The van der Waals surface area contributed by atoms with Crippen LogP contribution in [0.15, 0.2) is 24.3 Å². The quantitative estimate of drug-likeness (QED) is 0.816. The molecule has 0 atom stereocenters. The molecule has 0 radical (unpaired) electrons. The van der Waals surface area contributed by atoms with E-state index in [0.717, 1.165) is 6.08 Å². The molecule has 1 aliphatic rings. The van der Waals surface area contributed by atoms with Crippen molar-refractivity contribution in [3.63, 3.8) is 0 Å². The van der Waals surface area contributed by atoms with Crippen molar-refractivity contribution in [1.82, 2.24) is 10.2 Å². The summed E-state index contributed by atoms with van der Waals surface area (Å²) >= 11 is 6.03. The lowest BCUT2D eigenvalue weighted by Crippen LogP contribution is -2.49. The van der Waals surface area contributed by atoms with Crippen molar-refractivity contribution in [2.45, 2.75) is 0 Å². The zero-order chi connectivity index (χ0) is 15.4. The van der Waals surface area contributed by atoms with Gasteiger partial charge in [0.15, 0.2) is 0 Å². The van der Waals surface area contributed by atoms with Gasteiger partial charge in [-0.15, -0.1) is 0 Å². The van der Waals surface area contributed by atoms with Crippen LogP contribution in [0.3, 0.4) is 0 Å². The minimum Gasteiger partial charge on any atom is -0.478 e. The Balaban J connectivity index is 2.17. The molecular formula is C14H13ClN2O4. The van der Waals surface area contributed by atoms with Gasteiger partial charge >= 0.3 is 5.97 Å². The number of hydrogen-bond acceptors (Lipinski definition) is 3. The smallest absolute Gasteiger partial charge is 0.328 e. The molecule has 0 unspecified atom stereocenters. The van der Waals surface area contributed by atoms with Crippen molar-refractivity contribution < 1.29 is 19.5 Å². The molecule has 1 aliphatic heterocycles. The lowest BCUT2D eigenvalue weighted by Gasteiger charge is -2.26. The number of halogens is 1. The molecular weight excluding hydrogens is 296 g/mol. The van der Waals surface area contributed by atoms with Gasteiger partial charge in [0.2, 0.25) is 5.91 Å². The number of piperazine rings is 1. The highest BCUT2D eigenvalue weighted by molar-refractivity contribution is 6.32. The van der Waals surface area contributed by atoms with Crippen molar-refractivity contribution in [2.24, 2.45) is 0 Å². The Bertz CT molecular complexity index is 627. The molecule has 1 aromatic carbocycles. The van der Waals surface area contributed by atoms with Crippen LogP contribution in [0.4, 0.5) is 0 Å². The summed E-state index contributed by atoms with van der Waals surface area (Å²) in [6.07, 6.45) is 2.32. The fourth-order valence-corrected chi connectivity index (χ4v) is 2.19. The summed E-state index contributed by atoms with van der Waals surface area (Å²) in [6, 6.07) is 4.60. The van der Waals surface area contributed by atoms with Gasteiger partial charge < -0.3 is 15.3 Å². The van der Waals surface area contributed by atoms with Gasteiger partial charge in [-0.2, -0.15) is 0 Å². The monoisotopic (exact) mass is 308 g/mol. The minimum atomic E-state index is -1.08. The number of benzene rings is 1. The number of rotatable bonds is 3. The van der Waals surface area contributed by atoms with E-state index >= 15 is 0 Å². The fraction of sp³-hybridized carbons (Fsp3) is 0.214. The molecule has 1 fully saturated rings. The number of hydrogen-bond donors (Lipinski definition) is 2. The summed E-state index contributed by atoms with van der Waals surface area (Å²) in [5.41, 5.74) is 0.870. The molecule has 0 spiro atoms. The van der Waals surface area contributed by atoms with Crippen LogP contribution in [0, 0.1) is 0 Å². The summed E-state index contributed by atoms with van der Waals surface area (Å²) in [7, 11) is 0. The molecule has 0 aliphatic carbocycles. The largest absolute Gasteiger partial charge is 0.478 e. The lowest BCUT2D eigenvalue weighted by atomic mass is 10.1. The summed E-state index contributed by atoms with van der Waals surface area (Å²) in [5, 5.41) is 11.5. The molecule has 110 valence electrons. The third-order valence-corrected chi connectivity index (χ3v) is 3.31. The van der Waals surface area contributed by atoms with Crippen molar-refractivity contribution in [3.8, 4) is 0 Å². The highest BCUT2D eigenvalue weighted by Gasteiger charge is 2.22. The standard InChI is InChI=1S/C14H13ClN2O4/c15-11-7-10(2-1-9(11)3-4-13(19)20)14(21)17-6-5-16-12(18)8-17/h1-4,7H,5-6,8H2,(H,16,18)(H,19,20)/b4-3+. The van der Waals surface area contributed by atoms with Crippen LogP contribution in [0.2, 0.25) is 5.02 Å². The van der Waals surface area contributed by atoms with Crippen LogP contribution in [0.1, 0.15) is 15.9 Å². The third-order valence-electron chi connectivity index (χ3n) is 2.98. The second-order valence-electron chi connectivity index (χ2n) is 4.48. The molecule has 0 bridgehead atoms. The first-order valence-corrected chi connectivity index (χ1v) is 6.61. The molecule has 1 heterocycles. The molecule has 1 aromatic rings. The highest BCUT2D eigenvalue weighted by Crippen LogP contribution is 2.20. The number of carboxylic acids is 1. The molecule has 2 amide bonds. The number of carbonyl (C=O) groups excluding carboxylic acids is 2. The van der Waals surface area contributed by atoms with E-state index in [-0.39, 0.29) is 23.4 Å². The molecule has 2 rings (SSSR count). The van der Waals surface area contributed by atoms with Crippen molar-refractivity contribution in [1.29, 1.82) is 0 Å².